The van der Waals surface area contributed by atoms with E-state index in [1.807, 2.05) is 12.1 Å². The van der Waals surface area contributed by atoms with Crippen LogP contribution in [0.4, 0.5) is 0 Å². The molecule has 0 aliphatic rings. The summed E-state index contributed by atoms with van der Waals surface area (Å²) in [5, 5.41) is 0. The van der Waals surface area contributed by atoms with Crippen LogP contribution in [-0.2, 0) is 8.98 Å². The molecule has 15 heavy (non-hydrogen) atoms. The molecule has 1 aromatic rings. The number of carbonyl (C=O) groups excluding carboxylic acids is 1. The summed E-state index contributed by atoms with van der Waals surface area (Å²) in [4.78, 5) is 10.8. The first-order valence-electron chi connectivity index (χ1n) is 4.11. The van der Waals surface area contributed by atoms with Crippen molar-refractivity contribution in [2.75, 3.05) is 6.61 Å². The first-order valence-corrected chi connectivity index (χ1v) is 5.61. The maximum atomic E-state index is 10.8. The van der Waals surface area contributed by atoms with E-state index in [1.165, 1.54) is 0 Å². The predicted molar refractivity (Wildman–Crippen MR) is 60.6 cm³/mol. The Balaban J connectivity index is 2.26. The number of rotatable bonds is 5. The third-order valence-electron chi connectivity index (χ3n) is 1.52. The molecule has 0 saturated carbocycles. The number of hydrogen-bond donors (Lipinski definition) is 1. The molecule has 1 aromatic carbocycles. The second-order valence-corrected chi connectivity index (χ2v) is 3.81. The van der Waals surface area contributed by atoms with Crippen LogP contribution in [0.1, 0.15) is 6.42 Å². The molecular formula is C9H9BrO4S. The van der Waals surface area contributed by atoms with Crippen LogP contribution in [0, 0.1) is 0 Å². The monoisotopic (exact) mass is 292 g/mol. The van der Waals surface area contributed by atoms with Gasteiger partial charge in [-0.05, 0) is 24.3 Å². The van der Waals surface area contributed by atoms with Crippen LogP contribution in [0.25, 0.3) is 0 Å². The summed E-state index contributed by atoms with van der Waals surface area (Å²) in [7, 11) is 0. The summed E-state index contributed by atoms with van der Waals surface area (Å²) >= 11 is 3.34. The van der Waals surface area contributed by atoms with Gasteiger partial charge in [0.05, 0.1) is 13.0 Å². The van der Waals surface area contributed by atoms with Crippen LogP contribution >= 0.6 is 28.3 Å². The van der Waals surface area contributed by atoms with Crippen LogP contribution in [0.2, 0.25) is 0 Å². The molecule has 0 bridgehead atoms. The number of halogens is 1. The first-order chi connectivity index (χ1) is 7.22. The van der Waals surface area contributed by atoms with Gasteiger partial charge < -0.3 is 8.92 Å². The Morgan fingerprint density at radius 3 is 2.67 bits per heavy atom. The van der Waals surface area contributed by atoms with Crippen molar-refractivity contribution < 1.29 is 18.3 Å². The lowest BCUT2D eigenvalue weighted by Gasteiger charge is -2.04. The fourth-order valence-electron chi connectivity index (χ4n) is 0.866. The van der Waals surface area contributed by atoms with Crippen molar-refractivity contribution in [1.82, 2.24) is 0 Å². The molecule has 0 fully saturated rings. The summed E-state index contributed by atoms with van der Waals surface area (Å²) in [5.41, 5.74) is 0. The molecule has 0 radical (unpaired) electrons. The van der Waals surface area contributed by atoms with Crippen molar-refractivity contribution in [3.8, 4) is 5.75 Å². The quantitative estimate of drug-likeness (QED) is 0.846. The Bertz CT molecular complexity index is 314. The van der Waals surface area contributed by atoms with Crippen molar-refractivity contribution in [3.63, 3.8) is 0 Å². The molecule has 82 valence electrons. The van der Waals surface area contributed by atoms with Gasteiger partial charge in [0.15, 0.2) is 0 Å². The zero-order chi connectivity index (χ0) is 11.1. The van der Waals surface area contributed by atoms with E-state index < -0.39 is 5.97 Å². The van der Waals surface area contributed by atoms with Gasteiger partial charge in [-0.15, -0.1) is 0 Å². The number of benzene rings is 1. The summed E-state index contributed by atoms with van der Waals surface area (Å²) in [5.74, 6) is 0.169. The minimum absolute atomic E-state index is 0.0466. The normalized spacial score (nSPS) is 9.73. The highest BCUT2D eigenvalue weighted by Crippen LogP contribution is 2.16. The van der Waals surface area contributed by atoms with Crippen molar-refractivity contribution in [3.05, 3.63) is 28.7 Å². The second-order valence-electron chi connectivity index (χ2n) is 2.58. The third-order valence-corrected chi connectivity index (χ3v) is 2.31. The molecule has 0 amide bonds. The van der Waals surface area contributed by atoms with Crippen molar-refractivity contribution in [2.45, 2.75) is 6.42 Å². The van der Waals surface area contributed by atoms with E-state index in [2.05, 4.69) is 20.1 Å². The van der Waals surface area contributed by atoms with Crippen molar-refractivity contribution in [1.29, 1.82) is 0 Å². The van der Waals surface area contributed by atoms with E-state index in [-0.39, 0.29) is 25.4 Å². The van der Waals surface area contributed by atoms with Gasteiger partial charge in [0, 0.05) is 4.47 Å². The Labute approximate surface area is 100 Å². The average molecular weight is 293 g/mol. The van der Waals surface area contributed by atoms with E-state index >= 15 is 0 Å². The molecule has 4 nitrogen and oxygen atoms in total. The Morgan fingerprint density at radius 2 is 2.07 bits per heavy atom. The zero-order valence-electron chi connectivity index (χ0n) is 7.68. The summed E-state index contributed by atoms with van der Waals surface area (Å²) in [6.45, 7) is 0.223. The standard InChI is InChI=1S/C9H9BrO4S/c10-7-1-3-8(4-2-7)13-6-5-9(11)14-15-12/h1-4,12H,5-6H2. The van der Waals surface area contributed by atoms with Crippen LogP contribution in [0.5, 0.6) is 5.75 Å². The molecule has 6 heteroatoms. The molecule has 0 unspecified atom stereocenters. The van der Waals surface area contributed by atoms with Gasteiger partial charge >= 0.3 is 5.97 Å². The number of hydrogen-bond acceptors (Lipinski definition) is 5. The summed E-state index contributed by atoms with van der Waals surface area (Å²) in [6, 6.07) is 7.26. The van der Waals surface area contributed by atoms with Crippen molar-refractivity contribution >= 4 is 34.2 Å². The Kier molecular flexibility index (Phi) is 5.52. The first kappa shape index (κ1) is 12.4. The van der Waals surface area contributed by atoms with E-state index in [9.17, 15) is 4.79 Å². The lowest BCUT2D eigenvalue weighted by atomic mass is 10.3. The topological polar surface area (TPSA) is 55.8 Å². The average Bonchev–Trinajstić information content (AvgIpc) is 2.21. The van der Waals surface area contributed by atoms with Gasteiger partial charge in [-0.3, -0.25) is 9.35 Å². The van der Waals surface area contributed by atoms with Crippen LogP contribution < -0.4 is 4.74 Å². The summed E-state index contributed by atoms with van der Waals surface area (Å²) < 4.78 is 18.7. The molecular weight excluding hydrogens is 284 g/mol. The maximum absolute atomic E-state index is 10.8. The minimum atomic E-state index is -0.514. The fraction of sp³-hybridized carbons (Fsp3) is 0.222. The second kappa shape index (κ2) is 6.71. The highest BCUT2D eigenvalue weighted by atomic mass is 79.9. The van der Waals surface area contributed by atoms with Crippen molar-refractivity contribution in [2.24, 2.45) is 0 Å². The molecule has 0 aromatic heterocycles. The van der Waals surface area contributed by atoms with Gasteiger partial charge in [0.2, 0.25) is 12.3 Å². The smallest absolute Gasteiger partial charge is 0.323 e. The molecule has 0 spiro atoms. The molecule has 0 saturated heterocycles. The predicted octanol–water partition coefficient (Wildman–Crippen LogP) is 2.88. The Morgan fingerprint density at radius 1 is 1.40 bits per heavy atom. The number of carbonyl (C=O) groups is 1. The lowest BCUT2D eigenvalue weighted by molar-refractivity contribution is -0.133. The molecule has 0 atom stereocenters. The number of ether oxygens (including phenoxy) is 1. The highest BCUT2D eigenvalue weighted by molar-refractivity contribution is 9.10. The molecule has 0 aliphatic carbocycles. The fourth-order valence-corrected chi connectivity index (χ4v) is 1.30. The van der Waals surface area contributed by atoms with E-state index in [4.69, 9.17) is 9.29 Å². The van der Waals surface area contributed by atoms with Gasteiger partial charge in [0.1, 0.15) is 5.75 Å². The van der Waals surface area contributed by atoms with E-state index in [0.29, 0.717) is 5.75 Å². The lowest BCUT2D eigenvalue weighted by Crippen LogP contribution is -2.06. The van der Waals surface area contributed by atoms with Gasteiger partial charge in [-0.25, -0.2) is 0 Å². The maximum Gasteiger partial charge on any atom is 0.323 e. The molecule has 0 aliphatic heterocycles. The highest BCUT2D eigenvalue weighted by Gasteiger charge is 2.03. The molecule has 0 heterocycles. The molecule has 1 rings (SSSR count). The largest absolute Gasteiger partial charge is 0.493 e. The van der Waals surface area contributed by atoms with E-state index in [1.54, 1.807) is 12.1 Å². The zero-order valence-corrected chi connectivity index (χ0v) is 10.1. The minimum Gasteiger partial charge on any atom is -0.493 e. The summed E-state index contributed by atoms with van der Waals surface area (Å²) in [6.07, 6.45) is 0.101. The van der Waals surface area contributed by atoms with Crippen LogP contribution in [-0.4, -0.2) is 17.1 Å². The van der Waals surface area contributed by atoms with Crippen LogP contribution in [0.3, 0.4) is 0 Å². The SMILES string of the molecule is O=C(CCOc1ccc(Br)cc1)OSO. The van der Waals surface area contributed by atoms with Gasteiger partial charge in [-0.1, -0.05) is 15.9 Å². The van der Waals surface area contributed by atoms with Crippen LogP contribution in [0.15, 0.2) is 28.7 Å². The Hall–Kier alpha value is -0.720. The van der Waals surface area contributed by atoms with Gasteiger partial charge in [-0.2, -0.15) is 0 Å². The molecule has 1 N–H and O–H groups in total. The third kappa shape index (κ3) is 5.06. The van der Waals surface area contributed by atoms with Gasteiger partial charge in [0.25, 0.3) is 0 Å². The van der Waals surface area contributed by atoms with E-state index in [0.717, 1.165) is 4.47 Å².